The Labute approximate surface area is 124 Å². The maximum atomic E-state index is 12.6. The quantitative estimate of drug-likeness (QED) is 0.681. The van der Waals surface area contributed by atoms with Gasteiger partial charge in [-0.1, -0.05) is 12.1 Å². The number of rotatable bonds is 3. The number of nitrogens with zero attached hydrogens (tertiary/aromatic N) is 2. The van der Waals surface area contributed by atoms with Crippen LogP contribution in [0.2, 0.25) is 0 Å². The molecule has 0 radical (unpaired) electrons. The first-order valence-corrected chi connectivity index (χ1v) is 7.20. The van der Waals surface area contributed by atoms with Crippen molar-refractivity contribution in [2.75, 3.05) is 6.54 Å². The van der Waals surface area contributed by atoms with Gasteiger partial charge in [0.1, 0.15) is 0 Å². The summed E-state index contributed by atoms with van der Waals surface area (Å²) in [5, 5.41) is 10.8. The molecule has 6 heteroatoms. The summed E-state index contributed by atoms with van der Waals surface area (Å²) in [5.74, 6) is -0.378. The highest BCUT2D eigenvalue weighted by Gasteiger charge is 2.30. The van der Waals surface area contributed by atoms with Gasteiger partial charge in [-0.25, -0.2) is 0 Å². The highest BCUT2D eigenvalue weighted by molar-refractivity contribution is 5.84. The number of piperidine rings is 1. The number of carbonyl (C=O) groups is 1. The Morgan fingerprint density at radius 2 is 2.24 bits per heavy atom. The highest BCUT2D eigenvalue weighted by Crippen LogP contribution is 2.25. The maximum absolute atomic E-state index is 12.6. The Bertz CT molecular complexity index is 547. The van der Waals surface area contributed by atoms with Crippen LogP contribution in [0, 0.1) is 10.1 Å². The first-order chi connectivity index (χ1) is 9.90. The normalized spacial score (nSPS) is 23.7. The minimum atomic E-state index is -0.441. The molecule has 3 unspecified atom stereocenters. The predicted octanol–water partition coefficient (Wildman–Crippen LogP) is 2.04. The van der Waals surface area contributed by atoms with E-state index in [0.717, 1.165) is 12.8 Å². The average molecular weight is 291 g/mol. The molecular weight excluding hydrogens is 270 g/mol. The van der Waals surface area contributed by atoms with E-state index in [9.17, 15) is 14.9 Å². The summed E-state index contributed by atoms with van der Waals surface area (Å²) in [7, 11) is 0. The van der Waals surface area contributed by atoms with Crippen LogP contribution in [0.15, 0.2) is 24.3 Å². The van der Waals surface area contributed by atoms with Crippen LogP contribution in [-0.4, -0.2) is 34.4 Å². The predicted molar refractivity (Wildman–Crippen MR) is 79.9 cm³/mol. The van der Waals surface area contributed by atoms with Gasteiger partial charge in [0.05, 0.1) is 10.8 Å². The monoisotopic (exact) mass is 291 g/mol. The van der Waals surface area contributed by atoms with E-state index in [4.69, 9.17) is 5.73 Å². The maximum Gasteiger partial charge on any atom is 0.269 e. The Morgan fingerprint density at radius 3 is 2.86 bits per heavy atom. The van der Waals surface area contributed by atoms with Crippen molar-refractivity contribution in [2.24, 2.45) is 5.73 Å². The van der Waals surface area contributed by atoms with Crippen LogP contribution >= 0.6 is 0 Å². The van der Waals surface area contributed by atoms with Crippen molar-refractivity contribution in [1.29, 1.82) is 0 Å². The third kappa shape index (κ3) is 3.39. The van der Waals surface area contributed by atoms with Crippen molar-refractivity contribution in [2.45, 2.75) is 44.7 Å². The van der Waals surface area contributed by atoms with Gasteiger partial charge in [0.15, 0.2) is 0 Å². The van der Waals surface area contributed by atoms with Gasteiger partial charge in [-0.15, -0.1) is 0 Å². The molecule has 3 atom stereocenters. The molecule has 1 aromatic rings. The molecule has 1 aromatic carbocycles. The number of nitro benzene ring substituents is 1. The highest BCUT2D eigenvalue weighted by atomic mass is 16.6. The minimum absolute atomic E-state index is 0.00916. The molecule has 0 spiro atoms. The number of benzene rings is 1. The number of hydrogen-bond donors (Lipinski definition) is 1. The summed E-state index contributed by atoms with van der Waals surface area (Å²) < 4.78 is 0. The number of nitrogens with two attached hydrogens (primary N) is 1. The standard InChI is InChI=1S/C15H21N3O3/c1-10-8-13(16)6-7-17(10)15(19)11(2)12-4-3-5-14(9-12)18(20)21/h3-5,9-11,13H,6-8,16H2,1-2H3. The van der Waals surface area contributed by atoms with Gasteiger partial charge in [-0.2, -0.15) is 0 Å². The molecule has 2 N–H and O–H groups in total. The van der Waals surface area contributed by atoms with Gasteiger partial charge in [0.25, 0.3) is 5.69 Å². The summed E-state index contributed by atoms with van der Waals surface area (Å²) in [6, 6.07) is 6.55. The molecule has 6 nitrogen and oxygen atoms in total. The number of non-ortho nitro benzene ring substituents is 1. The molecule has 1 amide bonds. The van der Waals surface area contributed by atoms with Crippen LogP contribution < -0.4 is 5.73 Å². The molecule has 0 aromatic heterocycles. The molecule has 21 heavy (non-hydrogen) atoms. The fraction of sp³-hybridized carbons (Fsp3) is 0.533. The molecule has 1 saturated heterocycles. The third-order valence-corrected chi connectivity index (χ3v) is 4.15. The average Bonchev–Trinajstić information content (AvgIpc) is 2.46. The van der Waals surface area contributed by atoms with Crippen molar-refractivity contribution in [1.82, 2.24) is 4.90 Å². The minimum Gasteiger partial charge on any atom is -0.339 e. The molecule has 1 aliphatic heterocycles. The van der Waals surface area contributed by atoms with Gasteiger partial charge in [-0.3, -0.25) is 14.9 Å². The van der Waals surface area contributed by atoms with Crippen molar-refractivity contribution in [3.63, 3.8) is 0 Å². The van der Waals surface area contributed by atoms with Crippen molar-refractivity contribution < 1.29 is 9.72 Å². The zero-order valence-electron chi connectivity index (χ0n) is 12.4. The molecule has 0 bridgehead atoms. The second kappa shape index (κ2) is 6.22. The molecule has 0 saturated carbocycles. The van der Waals surface area contributed by atoms with Crippen LogP contribution in [0.25, 0.3) is 0 Å². The third-order valence-electron chi connectivity index (χ3n) is 4.15. The Balaban J connectivity index is 2.15. The second-order valence-corrected chi connectivity index (χ2v) is 5.74. The summed E-state index contributed by atoms with van der Waals surface area (Å²) >= 11 is 0. The first kappa shape index (κ1) is 15.4. The van der Waals surface area contributed by atoms with E-state index in [1.165, 1.54) is 12.1 Å². The summed E-state index contributed by atoms with van der Waals surface area (Å²) in [5.41, 5.74) is 6.61. The van der Waals surface area contributed by atoms with Gasteiger partial charge >= 0.3 is 0 Å². The van der Waals surface area contributed by atoms with E-state index in [1.54, 1.807) is 19.1 Å². The summed E-state index contributed by atoms with van der Waals surface area (Å²) in [4.78, 5) is 24.8. The largest absolute Gasteiger partial charge is 0.339 e. The van der Waals surface area contributed by atoms with Crippen molar-refractivity contribution in [3.05, 3.63) is 39.9 Å². The smallest absolute Gasteiger partial charge is 0.269 e. The number of likely N-dealkylation sites (tertiary alicyclic amines) is 1. The lowest BCUT2D eigenvalue weighted by atomic mass is 9.94. The zero-order valence-corrected chi connectivity index (χ0v) is 12.4. The van der Waals surface area contributed by atoms with E-state index in [1.807, 2.05) is 11.8 Å². The molecule has 1 aliphatic rings. The lowest BCUT2D eigenvalue weighted by molar-refractivity contribution is -0.384. The van der Waals surface area contributed by atoms with E-state index in [2.05, 4.69) is 0 Å². The molecule has 2 rings (SSSR count). The SMILES string of the molecule is CC(C(=O)N1CCC(N)CC1C)c1cccc([N+](=O)[O-])c1. The van der Waals surface area contributed by atoms with E-state index in [-0.39, 0.29) is 29.6 Å². The molecule has 1 heterocycles. The molecule has 1 fully saturated rings. The number of amides is 1. The summed E-state index contributed by atoms with van der Waals surface area (Å²) in [6.07, 6.45) is 1.60. The number of hydrogen-bond acceptors (Lipinski definition) is 4. The van der Waals surface area contributed by atoms with E-state index < -0.39 is 4.92 Å². The van der Waals surface area contributed by atoms with Crippen molar-refractivity contribution in [3.8, 4) is 0 Å². The topological polar surface area (TPSA) is 89.5 Å². The van der Waals surface area contributed by atoms with Crippen LogP contribution in [0.3, 0.4) is 0 Å². The lowest BCUT2D eigenvalue weighted by Crippen LogP contribution is -2.49. The van der Waals surface area contributed by atoms with Gasteiger partial charge < -0.3 is 10.6 Å². The Kier molecular flexibility index (Phi) is 4.57. The van der Waals surface area contributed by atoms with Gasteiger partial charge in [-0.05, 0) is 32.3 Å². The fourth-order valence-corrected chi connectivity index (χ4v) is 2.83. The molecular formula is C15H21N3O3. The number of carbonyl (C=O) groups excluding carboxylic acids is 1. The Morgan fingerprint density at radius 1 is 1.52 bits per heavy atom. The molecule has 114 valence electrons. The lowest BCUT2D eigenvalue weighted by Gasteiger charge is -2.37. The van der Waals surface area contributed by atoms with E-state index >= 15 is 0 Å². The summed E-state index contributed by atoms with van der Waals surface area (Å²) in [6.45, 7) is 4.44. The zero-order chi connectivity index (χ0) is 15.6. The fourth-order valence-electron chi connectivity index (χ4n) is 2.83. The number of nitro groups is 1. The van der Waals surface area contributed by atoms with Gasteiger partial charge in [0.2, 0.25) is 5.91 Å². The van der Waals surface area contributed by atoms with Gasteiger partial charge in [0, 0.05) is 30.8 Å². The van der Waals surface area contributed by atoms with Crippen LogP contribution in [0.1, 0.15) is 38.2 Å². The second-order valence-electron chi connectivity index (χ2n) is 5.74. The van der Waals surface area contributed by atoms with Crippen LogP contribution in [-0.2, 0) is 4.79 Å². The van der Waals surface area contributed by atoms with Crippen molar-refractivity contribution >= 4 is 11.6 Å². The Hall–Kier alpha value is -1.95. The molecule has 0 aliphatic carbocycles. The van der Waals surface area contributed by atoms with E-state index in [0.29, 0.717) is 12.1 Å². The first-order valence-electron chi connectivity index (χ1n) is 7.20. The van der Waals surface area contributed by atoms with Crippen LogP contribution in [0.4, 0.5) is 5.69 Å². The van der Waals surface area contributed by atoms with Crippen LogP contribution in [0.5, 0.6) is 0 Å².